The second kappa shape index (κ2) is 12.2. The number of hydrogen-bond acceptors (Lipinski definition) is 7. The highest BCUT2D eigenvalue weighted by molar-refractivity contribution is 5.89. The van der Waals surface area contributed by atoms with Crippen LogP contribution in [0.1, 0.15) is 46.0 Å². The number of hydrogen-bond donors (Lipinski definition) is 1. The fourth-order valence-corrected chi connectivity index (χ4v) is 4.44. The summed E-state index contributed by atoms with van der Waals surface area (Å²) >= 11 is 0. The van der Waals surface area contributed by atoms with Crippen LogP contribution in [-0.4, -0.2) is 80.5 Å². The van der Waals surface area contributed by atoms with Gasteiger partial charge in [-0.15, -0.1) is 0 Å². The summed E-state index contributed by atoms with van der Waals surface area (Å²) in [6, 6.07) is -1.29. The van der Waals surface area contributed by atoms with Gasteiger partial charge in [0.15, 0.2) is 0 Å². The predicted octanol–water partition coefficient (Wildman–Crippen LogP) is 2.34. The molecule has 1 saturated carbocycles. The van der Waals surface area contributed by atoms with Crippen LogP contribution in [0.4, 0.5) is 0 Å². The summed E-state index contributed by atoms with van der Waals surface area (Å²) in [5, 5.41) is 6.85. The zero-order valence-electron chi connectivity index (χ0n) is 19.1. The van der Waals surface area contributed by atoms with Crippen LogP contribution in [0.15, 0.2) is 16.8 Å². The molecule has 1 N–H and O–H groups in total. The minimum absolute atomic E-state index is 0.0468. The largest absolute Gasteiger partial charge is 0.463 e. The van der Waals surface area contributed by atoms with E-state index in [0.717, 1.165) is 31.9 Å². The number of esters is 1. The molecule has 0 radical (unpaired) electrons. The third-order valence-corrected chi connectivity index (χ3v) is 6.15. The highest BCUT2D eigenvalue weighted by Crippen LogP contribution is 2.30. The van der Waals surface area contributed by atoms with E-state index in [1.807, 2.05) is 6.08 Å². The fraction of sp³-hybridized carbons (Fsp3) is 0.818. The molecule has 2 aliphatic carbocycles. The topological polar surface area (TPSA) is 126 Å². The first kappa shape index (κ1) is 24.5. The normalized spacial score (nSPS) is 28.4. The van der Waals surface area contributed by atoms with Gasteiger partial charge < -0.3 is 19.5 Å². The molecule has 4 atom stereocenters. The van der Waals surface area contributed by atoms with E-state index in [2.05, 4.69) is 20.2 Å². The van der Waals surface area contributed by atoms with E-state index in [0.29, 0.717) is 25.3 Å². The summed E-state index contributed by atoms with van der Waals surface area (Å²) in [6.07, 6.45) is 6.57. The highest BCUT2D eigenvalue weighted by atomic mass is 16.5. The maximum Gasteiger partial charge on any atom is 0.333 e. The van der Waals surface area contributed by atoms with Crippen LogP contribution >= 0.6 is 0 Å². The van der Waals surface area contributed by atoms with Crippen molar-refractivity contribution in [2.45, 2.75) is 70.2 Å². The first-order valence-corrected chi connectivity index (χ1v) is 11.6. The van der Waals surface area contributed by atoms with Gasteiger partial charge in [0, 0.05) is 36.6 Å². The van der Waals surface area contributed by atoms with Gasteiger partial charge in [0.05, 0.1) is 38.0 Å². The lowest BCUT2D eigenvalue weighted by molar-refractivity contribution is -0.138. The molecule has 0 aromatic heterocycles. The molecule has 1 saturated heterocycles. The highest BCUT2D eigenvalue weighted by Gasteiger charge is 2.40. The SMILES string of the molecule is CCOC(=O)C1=C[C@@H](N2CCC[C@H](OCCOCC3CC3)C2)[C@H](NC(C)=O)C(N=[N+]=[N-])C1. The van der Waals surface area contributed by atoms with Crippen molar-refractivity contribution < 1.29 is 23.8 Å². The number of nitrogens with one attached hydrogen (secondary N) is 1. The number of carbonyl (C=O) groups excluding carboxylic acids is 2. The van der Waals surface area contributed by atoms with Crippen molar-refractivity contribution in [2.75, 3.05) is 39.5 Å². The lowest BCUT2D eigenvalue weighted by Gasteiger charge is -2.44. The van der Waals surface area contributed by atoms with E-state index < -0.39 is 18.1 Å². The van der Waals surface area contributed by atoms with Crippen molar-refractivity contribution in [3.8, 4) is 0 Å². The molecule has 1 amide bonds. The molecule has 0 aromatic rings. The van der Waals surface area contributed by atoms with E-state index in [1.165, 1.54) is 19.8 Å². The van der Waals surface area contributed by atoms with Crippen LogP contribution in [0.2, 0.25) is 0 Å². The number of nitrogens with zero attached hydrogens (tertiary/aromatic N) is 4. The average molecular weight is 450 g/mol. The summed E-state index contributed by atoms with van der Waals surface area (Å²) in [5.41, 5.74) is 9.56. The molecule has 0 spiro atoms. The predicted molar refractivity (Wildman–Crippen MR) is 118 cm³/mol. The fourth-order valence-electron chi connectivity index (χ4n) is 4.44. The Morgan fingerprint density at radius 2 is 2.12 bits per heavy atom. The van der Waals surface area contributed by atoms with Gasteiger partial charge in [0.2, 0.25) is 5.91 Å². The summed E-state index contributed by atoms with van der Waals surface area (Å²) < 4.78 is 16.9. The van der Waals surface area contributed by atoms with Crippen LogP contribution in [-0.2, 0) is 23.8 Å². The van der Waals surface area contributed by atoms with Gasteiger partial charge in [-0.1, -0.05) is 11.2 Å². The van der Waals surface area contributed by atoms with Crippen molar-refractivity contribution in [3.63, 3.8) is 0 Å². The second-order valence-corrected chi connectivity index (χ2v) is 8.75. The van der Waals surface area contributed by atoms with E-state index in [-0.39, 0.29) is 31.1 Å². The third-order valence-electron chi connectivity index (χ3n) is 6.15. The van der Waals surface area contributed by atoms with Crippen molar-refractivity contribution in [2.24, 2.45) is 11.0 Å². The van der Waals surface area contributed by atoms with Gasteiger partial charge in [-0.05, 0) is 57.0 Å². The van der Waals surface area contributed by atoms with Gasteiger partial charge in [-0.25, -0.2) is 4.79 Å². The quantitative estimate of drug-likeness (QED) is 0.170. The number of ether oxygens (including phenoxy) is 3. The number of rotatable bonds is 11. The summed E-state index contributed by atoms with van der Waals surface area (Å²) in [6.45, 7) is 6.90. The number of azide groups is 1. The van der Waals surface area contributed by atoms with Crippen molar-refractivity contribution >= 4 is 11.9 Å². The molecule has 32 heavy (non-hydrogen) atoms. The molecule has 1 unspecified atom stereocenters. The van der Waals surface area contributed by atoms with E-state index >= 15 is 0 Å². The standard InChI is InChI=1S/C22H35N5O5/c1-3-31-22(29)17-11-19(25-26-23)21(24-15(2)28)20(12-17)27-8-4-5-18(13-27)32-10-9-30-14-16-6-7-16/h12,16,18-21H,3-11,13-14H2,1-2H3,(H,24,28)/t18-,19?,20+,21+/m0/s1. The van der Waals surface area contributed by atoms with Crippen LogP contribution in [0.5, 0.6) is 0 Å². The van der Waals surface area contributed by atoms with Gasteiger partial charge in [0.1, 0.15) is 0 Å². The summed E-state index contributed by atoms with van der Waals surface area (Å²) in [5.74, 6) is 0.125. The molecule has 0 bridgehead atoms. The van der Waals surface area contributed by atoms with Gasteiger partial charge in [0.25, 0.3) is 0 Å². The smallest absolute Gasteiger partial charge is 0.333 e. The molecule has 0 aromatic carbocycles. The molecule has 2 fully saturated rings. The van der Waals surface area contributed by atoms with Crippen LogP contribution < -0.4 is 5.32 Å². The Kier molecular flexibility index (Phi) is 9.35. The van der Waals surface area contributed by atoms with E-state index in [4.69, 9.17) is 19.7 Å². The number of amides is 1. The van der Waals surface area contributed by atoms with Gasteiger partial charge in [-0.3, -0.25) is 9.69 Å². The molecule has 1 heterocycles. The molecule has 1 aliphatic heterocycles. The Balaban J connectivity index is 1.68. The molecule has 178 valence electrons. The molecule has 10 heteroatoms. The summed E-state index contributed by atoms with van der Waals surface area (Å²) in [4.78, 5) is 29.5. The van der Waals surface area contributed by atoms with Crippen molar-refractivity contribution in [1.82, 2.24) is 10.2 Å². The monoisotopic (exact) mass is 449 g/mol. The van der Waals surface area contributed by atoms with E-state index in [9.17, 15) is 9.59 Å². The Labute approximate surface area is 189 Å². The molecule has 3 aliphatic rings. The van der Waals surface area contributed by atoms with Crippen LogP contribution in [0, 0.1) is 5.92 Å². The third kappa shape index (κ3) is 7.20. The second-order valence-electron chi connectivity index (χ2n) is 8.75. The van der Waals surface area contributed by atoms with Gasteiger partial charge >= 0.3 is 5.97 Å². The lowest BCUT2D eigenvalue weighted by atomic mass is 9.85. The zero-order chi connectivity index (χ0) is 22.9. The molecule has 3 rings (SSSR count). The molecular weight excluding hydrogens is 414 g/mol. The Morgan fingerprint density at radius 1 is 1.31 bits per heavy atom. The molecule has 10 nitrogen and oxygen atoms in total. The number of carbonyl (C=O) groups is 2. The van der Waals surface area contributed by atoms with Crippen molar-refractivity contribution in [1.29, 1.82) is 0 Å². The van der Waals surface area contributed by atoms with E-state index in [1.54, 1.807) is 6.92 Å². The lowest BCUT2D eigenvalue weighted by Crippen LogP contribution is -2.60. The Bertz CT molecular complexity index is 734. The molecular formula is C22H35N5O5. The average Bonchev–Trinajstić information content (AvgIpc) is 3.59. The minimum Gasteiger partial charge on any atom is -0.463 e. The number of likely N-dealkylation sites (tertiary alicyclic amines) is 1. The Hall–Kier alpha value is -2.13. The maximum atomic E-state index is 12.5. The first-order chi connectivity index (χ1) is 15.5. The number of piperidine rings is 1. The maximum absolute atomic E-state index is 12.5. The minimum atomic E-state index is -0.574. The van der Waals surface area contributed by atoms with Crippen molar-refractivity contribution in [3.05, 3.63) is 22.1 Å². The Morgan fingerprint density at radius 3 is 2.81 bits per heavy atom. The van der Waals surface area contributed by atoms with Crippen LogP contribution in [0.25, 0.3) is 10.4 Å². The zero-order valence-corrected chi connectivity index (χ0v) is 19.1. The van der Waals surface area contributed by atoms with Crippen LogP contribution in [0.3, 0.4) is 0 Å². The first-order valence-electron chi connectivity index (χ1n) is 11.6. The van der Waals surface area contributed by atoms with Gasteiger partial charge in [-0.2, -0.15) is 0 Å². The summed E-state index contributed by atoms with van der Waals surface area (Å²) in [7, 11) is 0.